The first kappa shape index (κ1) is 23.8. The van der Waals surface area contributed by atoms with Crippen LogP contribution in [0.1, 0.15) is 91.5 Å². The Morgan fingerprint density at radius 2 is 1.44 bits per heavy atom. The molecular weight excluding hydrogens is 334 g/mol. The fourth-order valence-electron chi connectivity index (χ4n) is 2.91. The second-order valence-corrected chi connectivity index (χ2v) is 8.75. The van der Waals surface area contributed by atoms with Gasteiger partial charge in [-0.3, -0.25) is 0 Å². The Bertz CT molecular complexity index is 494. The average molecular weight is 378 g/mol. The minimum atomic E-state index is 0.280. The fraction of sp³-hybridized carbons (Fsp3) is 0.750. The number of nitrogens with one attached hydrogen (secondary N) is 1. The molecule has 0 amide bonds. The van der Waals surface area contributed by atoms with Gasteiger partial charge in [-0.1, -0.05) is 79.2 Å². The summed E-state index contributed by atoms with van der Waals surface area (Å²) in [6.07, 6.45) is 9.79. The van der Waals surface area contributed by atoms with Gasteiger partial charge in [-0.25, -0.2) is 0 Å². The number of rotatable bonds is 15. The van der Waals surface area contributed by atoms with Crippen molar-refractivity contribution in [1.29, 1.82) is 0 Å². The number of unbranched alkanes of at least 4 members (excludes halogenated alkanes) is 6. The van der Waals surface area contributed by atoms with Crippen LogP contribution in [-0.2, 0) is 6.54 Å². The molecular formula is C24H43NO2. The van der Waals surface area contributed by atoms with Gasteiger partial charge in [0.25, 0.3) is 0 Å². The first-order valence-electron chi connectivity index (χ1n) is 11.1. The van der Waals surface area contributed by atoms with E-state index in [1.165, 1.54) is 44.1 Å². The van der Waals surface area contributed by atoms with Crippen LogP contribution < -0.4 is 14.8 Å². The standard InChI is InChI=1S/C24H43NO2/c1-6-8-10-12-16-26-22-15-14-21(19-25-20-24(3,4)5)23(18-22)27-17-13-11-9-7-2/h14-15,18,25H,6-13,16-17,19-20H2,1-5H3. The van der Waals surface area contributed by atoms with E-state index >= 15 is 0 Å². The number of hydrogen-bond acceptors (Lipinski definition) is 3. The topological polar surface area (TPSA) is 30.5 Å². The van der Waals surface area contributed by atoms with Gasteiger partial charge < -0.3 is 14.8 Å². The molecule has 0 aromatic heterocycles. The highest BCUT2D eigenvalue weighted by Crippen LogP contribution is 2.26. The van der Waals surface area contributed by atoms with Gasteiger partial charge in [0.1, 0.15) is 11.5 Å². The van der Waals surface area contributed by atoms with E-state index in [-0.39, 0.29) is 5.41 Å². The molecule has 0 unspecified atom stereocenters. The van der Waals surface area contributed by atoms with E-state index in [9.17, 15) is 0 Å². The highest BCUT2D eigenvalue weighted by molar-refractivity contribution is 5.40. The molecule has 3 nitrogen and oxygen atoms in total. The van der Waals surface area contributed by atoms with Crippen LogP contribution in [-0.4, -0.2) is 19.8 Å². The Morgan fingerprint density at radius 3 is 2.04 bits per heavy atom. The Morgan fingerprint density at radius 1 is 0.815 bits per heavy atom. The van der Waals surface area contributed by atoms with Crippen LogP contribution in [0.4, 0.5) is 0 Å². The lowest BCUT2D eigenvalue weighted by Gasteiger charge is -2.20. The van der Waals surface area contributed by atoms with Gasteiger partial charge in [-0.15, -0.1) is 0 Å². The molecule has 0 aliphatic carbocycles. The summed E-state index contributed by atoms with van der Waals surface area (Å²) < 4.78 is 12.1. The Balaban J connectivity index is 2.60. The van der Waals surface area contributed by atoms with Crippen LogP contribution in [0.5, 0.6) is 11.5 Å². The van der Waals surface area contributed by atoms with E-state index in [1.54, 1.807) is 0 Å². The van der Waals surface area contributed by atoms with E-state index in [2.05, 4.69) is 58.1 Å². The zero-order chi connectivity index (χ0) is 20.0. The summed E-state index contributed by atoms with van der Waals surface area (Å²) in [5.74, 6) is 1.90. The van der Waals surface area contributed by atoms with E-state index in [4.69, 9.17) is 9.47 Å². The van der Waals surface area contributed by atoms with Crippen molar-refractivity contribution in [2.75, 3.05) is 19.8 Å². The third kappa shape index (κ3) is 12.0. The third-order valence-corrected chi connectivity index (χ3v) is 4.53. The summed E-state index contributed by atoms with van der Waals surface area (Å²) in [5, 5.41) is 3.56. The molecule has 0 fully saturated rings. The van der Waals surface area contributed by atoms with Crippen molar-refractivity contribution in [2.24, 2.45) is 5.41 Å². The largest absolute Gasteiger partial charge is 0.493 e. The van der Waals surface area contributed by atoms with Crippen LogP contribution in [0.3, 0.4) is 0 Å². The second kappa shape index (κ2) is 13.9. The van der Waals surface area contributed by atoms with Crippen molar-refractivity contribution in [3.8, 4) is 11.5 Å². The molecule has 0 spiro atoms. The van der Waals surface area contributed by atoms with Crippen LogP contribution >= 0.6 is 0 Å². The highest BCUT2D eigenvalue weighted by atomic mass is 16.5. The van der Waals surface area contributed by atoms with Crippen LogP contribution in [0.2, 0.25) is 0 Å². The molecule has 0 aliphatic rings. The number of benzene rings is 1. The van der Waals surface area contributed by atoms with E-state index in [0.717, 1.165) is 50.6 Å². The average Bonchev–Trinajstić information content (AvgIpc) is 2.62. The molecule has 27 heavy (non-hydrogen) atoms. The minimum Gasteiger partial charge on any atom is -0.493 e. The smallest absolute Gasteiger partial charge is 0.127 e. The summed E-state index contributed by atoms with van der Waals surface area (Å²) in [6, 6.07) is 6.31. The Hall–Kier alpha value is -1.22. The second-order valence-electron chi connectivity index (χ2n) is 8.75. The van der Waals surface area contributed by atoms with Gasteiger partial charge >= 0.3 is 0 Å². The van der Waals surface area contributed by atoms with Crippen LogP contribution in [0, 0.1) is 5.41 Å². The molecule has 1 N–H and O–H groups in total. The maximum absolute atomic E-state index is 6.13. The molecule has 0 saturated heterocycles. The summed E-state index contributed by atoms with van der Waals surface area (Å²) >= 11 is 0. The first-order valence-corrected chi connectivity index (χ1v) is 11.1. The van der Waals surface area contributed by atoms with Crippen molar-refractivity contribution < 1.29 is 9.47 Å². The zero-order valence-corrected chi connectivity index (χ0v) is 18.5. The molecule has 156 valence electrons. The Labute approximate surface area is 168 Å². The van der Waals surface area contributed by atoms with Gasteiger partial charge in [-0.2, -0.15) is 0 Å². The SMILES string of the molecule is CCCCCCOc1ccc(CNCC(C)(C)C)c(OCCCCCC)c1. The molecule has 0 saturated carbocycles. The third-order valence-electron chi connectivity index (χ3n) is 4.53. The van der Waals surface area contributed by atoms with Crippen molar-refractivity contribution in [1.82, 2.24) is 5.32 Å². The number of ether oxygens (including phenoxy) is 2. The van der Waals surface area contributed by atoms with E-state index in [1.807, 2.05) is 0 Å². The number of hydrogen-bond donors (Lipinski definition) is 1. The van der Waals surface area contributed by atoms with Crippen molar-refractivity contribution in [3.63, 3.8) is 0 Å². The fourth-order valence-corrected chi connectivity index (χ4v) is 2.91. The normalized spacial score (nSPS) is 11.6. The van der Waals surface area contributed by atoms with Gasteiger partial charge in [0.2, 0.25) is 0 Å². The van der Waals surface area contributed by atoms with Gasteiger partial charge in [0.05, 0.1) is 13.2 Å². The lowest BCUT2D eigenvalue weighted by atomic mass is 9.97. The zero-order valence-electron chi connectivity index (χ0n) is 18.5. The van der Waals surface area contributed by atoms with Gasteiger partial charge in [0.15, 0.2) is 0 Å². The molecule has 0 atom stereocenters. The van der Waals surface area contributed by atoms with Crippen molar-refractivity contribution in [3.05, 3.63) is 23.8 Å². The predicted octanol–water partition coefficient (Wildman–Crippen LogP) is 6.74. The Kier molecular flexibility index (Phi) is 12.2. The lowest BCUT2D eigenvalue weighted by molar-refractivity contribution is 0.287. The van der Waals surface area contributed by atoms with Gasteiger partial charge in [-0.05, 0) is 24.3 Å². The molecule has 1 aromatic carbocycles. The van der Waals surface area contributed by atoms with Crippen molar-refractivity contribution in [2.45, 2.75) is 92.5 Å². The maximum Gasteiger partial charge on any atom is 0.127 e. The van der Waals surface area contributed by atoms with Gasteiger partial charge in [0, 0.05) is 24.7 Å². The van der Waals surface area contributed by atoms with Crippen molar-refractivity contribution >= 4 is 0 Å². The quantitative estimate of drug-likeness (QED) is 0.343. The molecule has 3 heteroatoms. The summed E-state index contributed by atoms with van der Waals surface area (Å²) in [4.78, 5) is 0. The monoisotopic (exact) mass is 377 g/mol. The first-order chi connectivity index (χ1) is 13.0. The molecule has 1 rings (SSSR count). The van der Waals surface area contributed by atoms with E-state index in [0.29, 0.717) is 0 Å². The van der Waals surface area contributed by atoms with Crippen LogP contribution in [0.15, 0.2) is 18.2 Å². The minimum absolute atomic E-state index is 0.280. The predicted molar refractivity (Wildman–Crippen MR) is 117 cm³/mol. The molecule has 0 radical (unpaired) electrons. The van der Waals surface area contributed by atoms with E-state index < -0.39 is 0 Å². The lowest BCUT2D eigenvalue weighted by Crippen LogP contribution is -2.26. The highest BCUT2D eigenvalue weighted by Gasteiger charge is 2.11. The van der Waals surface area contributed by atoms with Crippen LogP contribution in [0.25, 0.3) is 0 Å². The molecule has 1 aromatic rings. The summed E-state index contributed by atoms with van der Waals surface area (Å²) in [7, 11) is 0. The maximum atomic E-state index is 6.13. The molecule has 0 bridgehead atoms. The molecule has 0 heterocycles. The summed E-state index contributed by atoms with van der Waals surface area (Å²) in [5.41, 5.74) is 1.50. The summed E-state index contributed by atoms with van der Waals surface area (Å²) in [6.45, 7) is 14.6. The molecule has 0 aliphatic heterocycles.